The van der Waals surface area contributed by atoms with Gasteiger partial charge >= 0.3 is 0 Å². The van der Waals surface area contributed by atoms with Gasteiger partial charge in [0.1, 0.15) is 0 Å². The van der Waals surface area contributed by atoms with Gasteiger partial charge in [0.2, 0.25) is 0 Å². The molecular weight excluding hydrogens is 412 g/mol. The molecule has 0 saturated heterocycles. The van der Waals surface area contributed by atoms with E-state index in [1.807, 2.05) is 47.2 Å². The van der Waals surface area contributed by atoms with Gasteiger partial charge in [0.15, 0.2) is 5.78 Å². The minimum absolute atomic E-state index is 0.141. The van der Waals surface area contributed by atoms with Crippen molar-refractivity contribution < 1.29 is 9.53 Å². The van der Waals surface area contributed by atoms with Crippen LogP contribution in [0.15, 0.2) is 73.3 Å². The lowest BCUT2D eigenvalue weighted by atomic mass is 10.00. The SMILES string of the molecule is O=C(CCCCn1ccnc1)c1ccc2nc(C3=CCOCC3)c(-c3ccccc3)nc2c1. The Kier molecular flexibility index (Phi) is 6.35. The number of aryl methyl sites for hydroxylation is 1. The van der Waals surface area contributed by atoms with E-state index in [2.05, 4.69) is 23.2 Å². The van der Waals surface area contributed by atoms with Gasteiger partial charge in [-0.3, -0.25) is 4.79 Å². The molecule has 2 aromatic carbocycles. The zero-order valence-corrected chi connectivity index (χ0v) is 18.5. The minimum Gasteiger partial charge on any atom is -0.377 e. The number of hydrogen-bond acceptors (Lipinski definition) is 5. The summed E-state index contributed by atoms with van der Waals surface area (Å²) >= 11 is 0. The summed E-state index contributed by atoms with van der Waals surface area (Å²) in [4.78, 5) is 26.8. The Bertz CT molecular complexity index is 1280. The maximum absolute atomic E-state index is 12.8. The molecule has 0 amide bonds. The summed E-state index contributed by atoms with van der Waals surface area (Å²) in [6.45, 7) is 2.16. The first kappa shape index (κ1) is 21.2. The van der Waals surface area contributed by atoms with E-state index in [9.17, 15) is 4.79 Å². The number of hydrogen-bond donors (Lipinski definition) is 0. The molecule has 3 heterocycles. The molecule has 166 valence electrons. The lowest BCUT2D eigenvalue weighted by Gasteiger charge is -2.17. The number of Topliss-reactive ketones (excluding diaryl/α,β-unsaturated/α-hetero) is 1. The fourth-order valence-electron chi connectivity index (χ4n) is 4.13. The number of imidazole rings is 1. The molecule has 0 N–H and O–H groups in total. The Labute approximate surface area is 193 Å². The molecule has 6 heteroatoms. The number of fused-ring (bicyclic) bond motifs is 1. The Morgan fingerprint density at radius 2 is 1.88 bits per heavy atom. The highest BCUT2D eigenvalue weighted by atomic mass is 16.5. The summed E-state index contributed by atoms with van der Waals surface area (Å²) in [5.41, 5.74) is 6.16. The van der Waals surface area contributed by atoms with Crippen molar-refractivity contribution in [2.45, 2.75) is 32.2 Å². The van der Waals surface area contributed by atoms with Crippen molar-refractivity contribution in [3.63, 3.8) is 0 Å². The molecule has 0 aliphatic carbocycles. The maximum Gasteiger partial charge on any atom is 0.162 e. The molecule has 0 atom stereocenters. The summed E-state index contributed by atoms with van der Waals surface area (Å²) in [5.74, 6) is 0.141. The van der Waals surface area contributed by atoms with E-state index in [4.69, 9.17) is 14.7 Å². The highest BCUT2D eigenvalue weighted by Crippen LogP contribution is 2.31. The number of carbonyl (C=O) groups is 1. The van der Waals surface area contributed by atoms with Crippen molar-refractivity contribution >= 4 is 22.4 Å². The summed E-state index contributed by atoms with van der Waals surface area (Å²) in [7, 11) is 0. The van der Waals surface area contributed by atoms with Gasteiger partial charge in [-0.1, -0.05) is 36.4 Å². The average Bonchev–Trinajstić information content (AvgIpc) is 3.40. The molecule has 0 unspecified atom stereocenters. The van der Waals surface area contributed by atoms with Crippen molar-refractivity contribution in [3.8, 4) is 11.3 Å². The Hall–Kier alpha value is -3.64. The van der Waals surface area contributed by atoms with Crippen LogP contribution in [0.5, 0.6) is 0 Å². The molecule has 5 rings (SSSR count). The number of ether oxygens (including phenoxy) is 1. The smallest absolute Gasteiger partial charge is 0.162 e. The third-order valence-corrected chi connectivity index (χ3v) is 5.93. The zero-order chi connectivity index (χ0) is 22.5. The molecule has 0 saturated carbocycles. The number of benzene rings is 2. The monoisotopic (exact) mass is 438 g/mol. The fourth-order valence-corrected chi connectivity index (χ4v) is 4.13. The second-order valence-corrected chi connectivity index (χ2v) is 8.23. The summed E-state index contributed by atoms with van der Waals surface area (Å²) in [6, 6.07) is 15.8. The zero-order valence-electron chi connectivity index (χ0n) is 18.5. The predicted molar refractivity (Wildman–Crippen MR) is 129 cm³/mol. The van der Waals surface area contributed by atoms with Crippen LogP contribution in [0.2, 0.25) is 0 Å². The van der Waals surface area contributed by atoms with E-state index in [0.717, 1.165) is 59.4 Å². The second-order valence-electron chi connectivity index (χ2n) is 8.23. The topological polar surface area (TPSA) is 69.9 Å². The first-order valence-electron chi connectivity index (χ1n) is 11.4. The van der Waals surface area contributed by atoms with Gasteiger partial charge in [-0.05, 0) is 43.0 Å². The van der Waals surface area contributed by atoms with Gasteiger partial charge in [0.05, 0.1) is 42.0 Å². The van der Waals surface area contributed by atoms with E-state index >= 15 is 0 Å². The molecule has 0 spiro atoms. The predicted octanol–water partition coefficient (Wildman–Crippen LogP) is 5.35. The van der Waals surface area contributed by atoms with Gasteiger partial charge in [0.25, 0.3) is 0 Å². The Balaban J connectivity index is 1.41. The summed E-state index contributed by atoms with van der Waals surface area (Å²) in [6.07, 6.45) is 10.7. The molecule has 0 bridgehead atoms. The normalized spacial score (nSPS) is 13.8. The van der Waals surface area contributed by atoms with Gasteiger partial charge in [-0.15, -0.1) is 0 Å². The van der Waals surface area contributed by atoms with E-state index < -0.39 is 0 Å². The Morgan fingerprint density at radius 1 is 1.00 bits per heavy atom. The first-order chi connectivity index (χ1) is 16.3. The first-order valence-corrected chi connectivity index (χ1v) is 11.4. The van der Waals surface area contributed by atoms with Gasteiger partial charge in [0, 0.05) is 36.5 Å². The van der Waals surface area contributed by atoms with Crippen LogP contribution < -0.4 is 0 Å². The minimum atomic E-state index is 0.141. The van der Waals surface area contributed by atoms with Crippen molar-refractivity contribution in [1.82, 2.24) is 19.5 Å². The second kappa shape index (κ2) is 9.88. The molecule has 0 radical (unpaired) electrons. The van der Waals surface area contributed by atoms with Crippen LogP contribution in [0.1, 0.15) is 41.7 Å². The van der Waals surface area contributed by atoms with Crippen LogP contribution in [-0.2, 0) is 11.3 Å². The van der Waals surface area contributed by atoms with Crippen LogP contribution in [0, 0.1) is 0 Å². The molecule has 0 fully saturated rings. The number of rotatable bonds is 8. The van der Waals surface area contributed by atoms with Crippen LogP contribution in [0.4, 0.5) is 0 Å². The largest absolute Gasteiger partial charge is 0.377 e. The molecule has 33 heavy (non-hydrogen) atoms. The molecule has 1 aliphatic heterocycles. The number of unbranched alkanes of at least 4 members (excludes halogenated alkanes) is 1. The van der Waals surface area contributed by atoms with E-state index in [-0.39, 0.29) is 5.78 Å². The highest BCUT2D eigenvalue weighted by molar-refractivity contribution is 5.99. The molecule has 6 nitrogen and oxygen atoms in total. The van der Waals surface area contributed by atoms with E-state index in [1.165, 1.54) is 0 Å². The van der Waals surface area contributed by atoms with Crippen LogP contribution >= 0.6 is 0 Å². The van der Waals surface area contributed by atoms with Crippen LogP contribution in [0.25, 0.3) is 27.9 Å². The third kappa shape index (κ3) is 4.91. The summed E-state index contributed by atoms with van der Waals surface area (Å²) in [5, 5.41) is 0. The molecule has 2 aromatic heterocycles. The van der Waals surface area contributed by atoms with Crippen LogP contribution in [0.3, 0.4) is 0 Å². The van der Waals surface area contributed by atoms with E-state index in [0.29, 0.717) is 25.2 Å². The lowest BCUT2D eigenvalue weighted by Crippen LogP contribution is -2.07. The number of ketones is 1. The fraction of sp³-hybridized carbons (Fsp3) is 0.259. The third-order valence-electron chi connectivity index (χ3n) is 5.93. The van der Waals surface area contributed by atoms with E-state index in [1.54, 1.807) is 12.5 Å². The number of nitrogens with zero attached hydrogens (tertiary/aromatic N) is 4. The molecular formula is C27H26N4O2. The average molecular weight is 439 g/mol. The lowest BCUT2D eigenvalue weighted by molar-refractivity contribution is 0.0979. The maximum atomic E-state index is 12.8. The van der Waals surface area contributed by atoms with Crippen molar-refractivity contribution in [3.05, 3.63) is 84.6 Å². The highest BCUT2D eigenvalue weighted by Gasteiger charge is 2.17. The molecule has 4 aromatic rings. The summed E-state index contributed by atoms with van der Waals surface area (Å²) < 4.78 is 7.53. The Morgan fingerprint density at radius 3 is 2.67 bits per heavy atom. The van der Waals surface area contributed by atoms with Gasteiger partial charge in [-0.2, -0.15) is 0 Å². The number of aromatic nitrogens is 4. The van der Waals surface area contributed by atoms with Crippen molar-refractivity contribution in [1.29, 1.82) is 0 Å². The standard InChI is InChI=1S/C27H26N4O2/c32-25(8-4-5-14-31-15-13-28-19-31)22-9-10-23-24(18-22)30-26(20-6-2-1-3-7-20)27(29-23)21-11-16-33-17-12-21/h1-3,6-7,9-11,13,15,18-19H,4-5,8,12,14,16-17H2. The quantitative estimate of drug-likeness (QED) is 0.274. The van der Waals surface area contributed by atoms with Gasteiger partial charge < -0.3 is 9.30 Å². The molecule has 1 aliphatic rings. The van der Waals surface area contributed by atoms with Gasteiger partial charge in [-0.25, -0.2) is 15.0 Å². The number of carbonyl (C=O) groups excluding carboxylic acids is 1. The van der Waals surface area contributed by atoms with Crippen molar-refractivity contribution in [2.24, 2.45) is 0 Å². The van der Waals surface area contributed by atoms with Crippen molar-refractivity contribution in [2.75, 3.05) is 13.2 Å². The van der Waals surface area contributed by atoms with Crippen LogP contribution in [-0.4, -0.2) is 38.5 Å².